The minimum atomic E-state index is -1.000. The van der Waals surface area contributed by atoms with Crippen LogP contribution in [0.15, 0.2) is 42.2 Å². The molecule has 0 radical (unpaired) electrons. The Labute approximate surface area is 178 Å². The molecule has 1 rings (SSSR count). The molecule has 5 nitrogen and oxygen atoms in total. The average molecular weight is 420 g/mol. The topological polar surface area (TPSA) is 84.2 Å². The lowest BCUT2D eigenvalue weighted by Crippen LogP contribution is -2.27. The fourth-order valence-electron chi connectivity index (χ4n) is 1.32. The van der Waals surface area contributed by atoms with Gasteiger partial charge in [-0.3, -0.25) is 9.59 Å². The van der Waals surface area contributed by atoms with Gasteiger partial charge in [0, 0.05) is 23.1 Å². The van der Waals surface area contributed by atoms with Crippen molar-refractivity contribution in [3.8, 4) is 0 Å². The van der Waals surface area contributed by atoms with Crippen molar-refractivity contribution in [2.75, 3.05) is 13.6 Å². The molecule has 1 amide bonds. The van der Waals surface area contributed by atoms with Crippen molar-refractivity contribution in [2.24, 2.45) is 5.73 Å². The van der Waals surface area contributed by atoms with Crippen molar-refractivity contribution in [1.82, 2.24) is 10.6 Å². The van der Waals surface area contributed by atoms with Gasteiger partial charge >= 0.3 is 0 Å². The highest BCUT2D eigenvalue weighted by molar-refractivity contribution is 5.97. The number of halogens is 2. The van der Waals surface area contributed by atoms with Gasteiger partial charge in [-0.05, 0) is 25.1 Å². The van der Waals surface area contributed by atoms with Gasteiger partial charge in [-0.2, -0.15) is 0 Å². The van der Waals surface area contributed by atoms with Gasteiger partial charge in [-0.15, -0.1) is 0 Å². The second-order valence-corrected chi connectivity index (χ2v) is 5.33. The first-order valence-electron chi connectivity index (χ1n) is 9.81. The van der Waals surface area contributed by atoms with E-state index in [4.69, 9.17) is 5.73 Å². The third-order valence-corrected chi connectivity index (χ3v) is 3.00. The normalized spacial score (nSPS) is 9.34. The minimum absolute atomic E-state index is 0. The van der Waals surface area contributed by atoms with Crippen molar-refractivity contribution in [1.29, 1.82) is 0 Å². The molecule has 172 valence electrons. The van der Waals surface area contributed by atoms with Gasteiger partial charge in [0.2, 0.25) is 0 Å². The molecule has 0 heterocycles. The molecule has 0 unspecified atom stereocenters. The van der Waals surface area contributed by atoms with E-state index in [0.717, 1.165) is 31.2 Å². The number of benzene rings is 1. The maximum atomic E-state index is 13.4. The van der Waals surface area contributed by atoms with Gasteiger partial charge in [0.05, 0.1) is 5.70 Å². The third-order valence-electron chi connectivity index (χ3n) is 3.00. The number of carbonyl (C=O) groups excluding carboxylic acids is 2. The molecule has 1 aromatic rings. The number of carbonyl (C=O) groups is 2. The highest BCUT2D eigenvalue weighted by atomic mass is 19.1. The number of rotatable bonds is 7. The van der Waals surface area contributed by atoms with E-state index >= 15 is 0 Å². The molecule has 0 aromatic heterocycles. The summed E-state index contributed by atoms with van der Waals surface area (Å²) in [5, 5.41) is 4.80. The van der Waals surface area contributed by atoms with E-state index in [1.54, 1.807) is 0 Å². The molecular formula is C22H43F2N3O2. The Bertz CT molecular complexity index is 604. The monoisotopic (exact) mass is 419 g/mol. The Balaban J connectivity index is -0.000000111. The maximum absolute atomic E-state index is 13.4. The van der Waals surface area contributed by atoms with Gasteiger partial charge < -0.3 is 16.4 Å². The molecule has 0 saturated heterocycles. The molecule has 0 fully saturated rings. The Morgan fingerprint density at radius 2 is 1.59 bits per heavy atom. The van der Waals surface area contributed by atoms with Crippen molar-refractivity contribution < 1.29 is 22.6 Å². The van der Waals surface area contributed by atoms with Crippen LogP contribution in [-0.4, -0.2) is 25.8 Å². The summed E-state index contributed by atoms with van der Waals surface area (Å²) in [6.45, 7) is 14.6. The van der Waals surface area contributed by atoms with E-state index in [9.17, 15) is 18.4 Å². The summed E-state index contributed by atoms with van der Waals surface area (Å²) < 4.78 is 26.8. The van der Waals surface area contributed by atoms with E-state index in [1.165, 1.54) is 26.1 Å². The molecule has 1 aromatic carbocycles. The van der Waals surface area contributed by atoms with Crippen LogP contribution in [0, 0.1) is 11.6 Å². The van der Waals surface area contributed by atoms with E-state index < -0.39 is 23.1 Å². The predicted molar refractivity (Wildman–Crippen MR) is 124 cm³/mol. The summed E-state index contributed by atoms with van der Waals surface area (Å²) in [5.74, 6) is -2.98. The first-order valence-corrected chi connectivity index (χ1v) is 9.81. The Hall–Kier alpha value is -2.54. The Morgan fingerprint density at radius 3 is 1.90 bits per heavy atom. The molecule has 29 heavy (non-hydrogen) atoms. The third kappa shape index (κ3) is 15.1. The Kier molecular flexibility index (Phi) is 23.4. The number of amides is 1. The number of nitrogens with two attached hydrogens (primary N) is 1. The highest BCUT2D eigenvalue weighted by Crippen LogP contribution is 2.13. The summed E-state index contributed by atoms with van der Waals surface area (Å²) in [4.78, 5) is 22.4. The summed E-state index contributed by atoms with van der Waals surface area (Å²) in [5.41, 5.74) is 4.31. The number of nitrogens with one attached hydrogen (secondary N) is 2. The van der Waals surface area contributed by atoms with E-state index in [2.05, 4.69) is 38.0 Å². The lowest BCUT2D eigenvalue weighted by atomic mass is 10.1. The Morgan fingerprint density at radius 1 is 1.14 bits per heavy atom. The summed E-state index contributed by atoms with van der Waals surface area (Å²) in [6, 6.07) is 3.08. The van der Waals surface area contributed by atoms with Crippen molar-refractivity contribution >= 4 is 12.2 Å². The zero-order chi connectivity index (χ0) is 23.2. The summed E-state index contributed by atoms with van der Waals surface area (Å²) in [7, 11) is 1.54. The summed E-state index contributed by atoms with van der Waals surface area (Å²) >= 11 is 0. The van der Waals surface area contributed by atoms with E-state index in [-0.39, 0.29) is 15.6 Å². The molecule has 0 bridgehead atoms. The molecule has 0 aliphatic rings. The fourth-order valence-corrected chi connectivity index (χ4v) is 1.32. The number of unbranched alkanes of at least 4 members (excludes halogenated alkanes) is 1. The maximum Gasteiger partial charge on any atom is 0.261 e. The first kappa shape index (κ1) is 31.2. The largest absolute Gasteiger partial charge is 0.392 e. The van der Waals surface area contributed by atoms with Crippen LogP contribution >= 0.6 is 0 Å². The van der Waals surface area contributed by atoms with Crippen LogP contribution in [0.3, 0.4) is 0 Å². The molecule has 0 saturated carbocycles. The molecule has 0 spiro atoms. The van der Waals surface area contributed by atoms with Crippen LogP contribution < -0.4 is 16.4 Å². The second kappa shape index (κ2) is 21.8. The van der Waals surface area contributed by atoms with Crippen molar-refractivity contribution in [3.05, 3.63) is 59.4 Å². The first-order chi connectivity index (χ1) is 13.8. The SMILES string of the molecule is C=C(C=O)/C(=C\NC)NC(=O)c1c(F)cccc1F.CC.CCCC.CCCN.[HH].[HH].[HH]. The van der Waals surface area contributed by atoms with E-state index in [1.807, 2.05) is 13.8 Å². The quantitative estimate of drug-likeness (QED) is 0.312. The molecular weight excluding hydrogens is 376 g/mol. The molecule has 4 N–H and O–H groups in total. The number of allylic oxidation sites excluding steroid dienone is 1. The van der Waals surface area contributed by atoms with Crippen LogP contribution in [-0.2, 0) is 4.79 Å². The smallest absolute Gasteiger partial charge is 0.261 e. The van der Waals surface area contributed by atoms with Crippen molar-refractivity contribution in [2.45, 2.75) is 53.9 Å². The highest BCUT2D eigenvalue weighted by Gasteiger charge is 2.18. The number of hydrogen-bond acceptors (Lipinski definition) is 4. The zero-order valence-corrected chi connectivity index (χ0v) is 18.6. The van der Waals surface area contributed by atoms with Crippen LogP contribution in [0.2, 0.25) is 0 Å². The predicted octanol–water partition coefficient (Wildman–Crippen LogP) is 5.44. The van der Waals surface area contributed by atoms with Gasteiger partial charge in [0.1, 0.15) is 17.2 Å². The second-order valence-electron chi connectivity index (χ2n) is 5.33. The van der Waals surface area contributed by atoms with Gasteiger partial charge in [0.25, 0.3) is 5.91 Å². The van der Waals surface area contributed by atoms with Crippen LogP contribution in [0.5, 0.6) is 0 Å². The number of hydrogen-bond donors (Lipinski definition) is 3. The van der Waals surface area contributed by atoms with Crippen LogP contribution in [0.4, 0.5) is 8.78 Å². The standard InChI is InChI=1S/C13H12F2N2O2.C4H10.C3H9N.C2H6.3H2/c1-8(7-18)11(6-16-2)17-13(19)12-9(14)4-3-5-10(12)15;1-3-4-2;1-2-3-4;1-2;;;/h3-7,16H,1H2,2H3,(H,17,19);3-4H2,1-2H3;2-4H2,1H3;1-2H3;3*1H/b11-6+;;;;;;. The minimum Gasteiger partial charge on any atom is -0.392 e. The van der Waals surface area contributed by atoms with Crippen LogP contribution in [0.25, 0.3) is 0 Å². The average Bonchev–Trinajstić information content (AvgIpc) is 2.74. The molecule has 7 heteroatoms. The molecule has 0 atom stereocenters. The van der Waals surface area contributed by atoms with Gasteiger partial charge in [0.15, 0.2) is 6.29 Å². The van der Waals surface area contributed by atoms with Gasteiger partial charge in [-0.25, -0.2) is 8.78 Å². The lowest BCUT2D eigenvalue weighted by molar-refractivity contribution is -0.104. The lowest BCUT2D eigenvalue weighted by Gasteiger charge is -2.10. The van der Waals surface area contributed by atoms with Crippen molar-refractivity contribution in [3.63, 3.8) is 0 Å². The summed E-state index contributed by atoms with van der Waals surface area (Å²) in [6.07, 6.45) is 5.44. The number of aldehydes is 1. The molecule has 0 aliphatic heterocycles. The fraction of sp³-hybridized carbons (Fsp3) is 0.455. The van der Waals surface area contributed by atoms with E-state index in [0.29, 0.717) is 6.29 Å². The van der Waals surface area contributed by atoms with Gasteiger partial charge in [-0.1, -0.05) is 60.1 Å². The van der Waals surface area contributed by atoms with Crippen LogP contribution in [0.1, 0.15) is 68.5 Å². The zero-order valence-electron chi connectivity index (χ0n) is 18.6. The molecule has 0 aliphatic carbocycles.